The molecule has 1 amide bonds. The van der Waals surface area contributed by atoms with Gasteiger partial charge in [-0.25, -0.2) is 4.98 Å². The molecule has 98 valence electrons. The van der Waals surface area contributed by atoms with Crippen molar-refractivity contribution in [2.24, 2.45) is 0 Å². The molecule has 4 nitrogen and oxygen atoms in total. The summed E-state index contributed by atoms with van der Waals surface area (Å²) in [4.78, 5) is 18.2. The van der Waals surface area contributed by atoms with Crippen LogP contribution in [0, 0.1) is 0 Å². The highest BCUT2D eigenvalue weighted by Gasteiger charge is 2.21. The van der Waals surface area contributed by atoms with Gasteiger partial charge in [-0.05, 0) is 26.7 Å². The Hall–Kier alpha value is -1.36. The molecule has 5 heteroatoms. The minimum Gasteiger partial charge on any atom is -0.350 e. The normalized spacial score (nSPS) is 16.4. The molecule has 0 unspecified atom stereocenters. The summed E-state index contributed by atoms with van der Waals surface area (Å²) in [6.45, 7) is 5.80. The van der Waals surface area contributed by atoms with Crippen LogP contribution in [0.4, 0.5) is 5.13 Å². The van der Waals surface area contributed by atoms with Crippen molar-refractivity contribution in [1.82, 2.24) is 10.3 Å². The summed E-state index contributed by atoms with van der Waals surface area (Å²) in [6, 6.07) is 0.296. The molecule has 1 aliphatic heterocycles. The van der Waals surface area contributed by atoms with Crippen LogP contribution >= 0.6 is 11.3 Å². The predicted octanol–water partition coefficient (Wildman–Crippen LogP) is 2.19. The third-order valence-corrected chi connectivity index (χ3v) is 3.78. The number of piperidine rings is 1. The first-order chi connectivity index (χ1) is 8.65. The zero-order chi connectivity index (χ0) is 13.0. The number of thiazole rings is 1. The Morgan fingerprint density at radius 1 is 1.50 bits per heavy atom. The number of carbonyl (C=O) groups excluding carboxylic acids is 1. The van der Waals surface area contributed by atoms with E-state index in [1.54, 1.807) is 17.4 Å². The van der Waals surface area contributed by atoms with E-state index in [9.17, 15) is 4.79 Å². The SMILES string of the molecule is CC(C)=CC(=O)NC1CCN(c2nccs2)CC1. The third kappa shape index (κ3) is 3.57. The average Bonchev–Trinajstić information content (AvgIpc) is 2.82. The Kier molecular flexibility index (Phi) is 4.36. The molecule has 1 fully saturated rings. The van der Waals surface area contributed by atoms with E-state index in [1.807, 2.05) is 25.4 Å². The molecule has 1 aliphatic rings. The molecule has 0 saturated carbocycles. The van der Waals surface area contributed by atoms with Gasteiger partial charge in [-0.1, -0.05) is 5.57 Å². The van der Waals surface area contributed by atoms with Crippen molar-refractivity contribution < 1.29 is 4.79 Å². The lowest BCUT2D eigenvalue weighted by Crippen LogP contribution is -2.44. The summed E-state index contributed by atoms with van der Waals surface area (Å²) < 4.78 is 0. The summed E-state index contributed by atoms with van der Waals surface area (Å²) in [7, 11) is 0. The zero-order valence-corrected chi connectivity index (χ0v) is 11.7. The van der Waals surface area contributed by atoms with Gasteiger partial charge >= 0.3 is 0 Å². The molecular weight excluding hydrogens is 246 g/mol. The Balaban J connectivity index is 1.80. The number of allylic oxidation sites excluding steroid dienone is 1. The average molecular weight is 265 g/mol. The number of hydrogen-bond acceptors (Lipinski definition) is 4. The van der Waals surface area contributed by atoms with Crippen LogP contribution in [0.25, 0.3) is 0 Å². The summed E-state index contributed by atoms with van der Waals surface area (Å²) in [5.41, 5.74) is 1.03. The fraction of sp³-hybridized carbons (Fsp3) is 0.538. The number of aromatic nitrogens is 1. The second-order valence-electron chi connectivity index (χ2n) is 4.81. The monoisotopic (exact) mass is 265 g/mol. The largest absolute Gasteiger partial charge is 0.350 e. The lowest BCUT2D eigenvalue weighted by Gasteiger charge is -2.31. The first kappa shape index (κ1) is 13.1. The van der Waals surface area contributed by atoms with Crippen molar-refractivity contribution in [3.05, 3.63) is 23.2 Å². The van der Waals surface area contributed by atoms with Crippen LogP contribution in [0.3, 0.4) is 0 Å². The lowest BCUT2D eigenvalue weighted by atomic mass is 10.1. The van der Waals surface area contributed by atoms with E-state index in [2.05, 4.69) is 15.2 Å². The minimum atomic E-state index is 0.0303. The molecule has 0 bridgehead atoms. The van der Waals surface area contributed by atoms with Crippen LogP contribution in [0.1, 0.15) is 26.7 Å². The van der Waals surface area contributed by atoms with E-state index in [1.165, 1.54) is 0 Å². The van der Waals surface area contributed by atoms with Gasteiger partial charge in [0.05, 0.1) is 0 Å². The summed E-state index contributed by atoms with van der Waals surface area (Å²) in [5, 5.41) is 6.14. The van der Waals surface area contributed by atoms with Crippen LogP contribution in [-0.4, -0.2) is 30.0 Å². The fourth-order valence-corrected chi connectivity index (χ4v) is 2.79. The van der Waals surface area contributed by atoms with Gasteiger partial charge in [-0.2, -0.15) is 0 Å². The molecule has 0 radical (unpaired) electrons. The van der Waals surface area contributed by atoms with Gasteiger partial charge in [0, 0.05) is 36.8 Å². The van der Waals surface area contributed by atoms with Crippen LogP contribution in [-0.2, 0) is 4.79 Å². The quantitative estimate of drug-likeness (QED) is 0.852. The van der Waals surface area contributed by atoms with Crippen molar-refractivity contribution in [3.8, 4) is 0 Å². The number of amides is 1. The molecule has 1 saturated heterocycles. The van der Waals surface area contributed by atoms with E-state index >= 15 is 0 Å². The summed E-state index contributed by atoms with van der Waals surface area (Å²) in [6.07, 6.45) is 5.47. The number of rotatable bonds is 3. The Bertz CT molecular complexity index is 415. The smallest absolute Gasteiger partial charge is 0.244 e. The lowest BCUT2D eigenvalue weighted by molar-refractivity contribution is -0.117. The zero-order valence-electron chi connectivity index (χ0n) is 10.8. The molecule has 0 atom stereocenters. The number of anilines is 1. The molecule has 0 aliphatic carbocycles. The van der Waals surface area contributed by atoms with Crippen LogP contribution in [0.15, 0.2) is 23.2 Å². The number of nitrogens with zero attached hydrogens (tertiary/aromatic N) is 2. The highest BCUT2D eigenvalue weighted by Crippen LogP contribution is 2.21. The second kappa shape index (κ2) is 6.00. The third-order valence-electron chi connectivity index (χ3n) is 2.95. The summed E-state index contributed by atoms with van der Waals surface area (Å²) >= 11 is 1.67. The fourth-order valence-electron chi connectivity index (χ4n) is 2.09. The highest BCUT2D eigenvalue weighted by atomic mass is 32.1. The maximum atomic E-state index is 11.6. The van der Waals surface area contributed by atoms with E-state index in [-0.39, 0.29) is 5.91 Å². The maximum absolute atomic E-state index is 11.6. The van der Waals surface area contributed by atoms with Crippen LogP contribution in [0.5, 0.6) is 0 Å². The second-order valence-corrected chi connectivity index (χ2v) is 5.68. The van der Waals surface area contributed by atoms with Gasteiger partial charge in [0.15, 0.2) is 5.13 Å². The number of hydrogen-bond donors (Lipinski definition) is 1. The van der Waals surface area contributed by atoms with Gasteiger partial charge in [0.25, 0.3) is 0 Å². The Morgan fingerprint density at radius 3 is 2.78 bits per heavy atom. The van der Waals surface area contributed by atoms with Crippen LogP contribution < -0.4 is 10.2 Å². The Labute approximate surface area is 112 Å². The molecule has 2 heterocycles. The van der Waals surface area contributed by atoms with E-state index in [4.69, 9.17) is 0 Å². The standard InChI is InChI=1S/C13H19N3OS/c1-10(2)9-12(17)15-11-3-6-16(7-4-11)13-14-5-8-18-13/h5,8-9,11H,3-4,6-7H2,1-2H3,(H,15,17). The Morgan fingerprint density at radius 2 is 2.22 bits per heavy atom. The number of nitrogens with one attached hydrogen (secondary N) is 1. The molecule has 0 spiro atoms. The molecule has 1 aromatic rings. The first-order valence-electron chi connectivity index (χ1n) is 6.25. The predicted molar refractivity (Wildman–Crippen MR) is 74.9 cm³/mol. The van der Waals surface area contributed by atoms with Crippen molar-refractivity contribution in [1.29, 1.82) is 0 Å². The van der Waals surface area contributed by atoms with Gasteiger partial charge < -0.3 is 10.2 Å². The molecule has 18 heavy (non-hydrogen) atoms. The van der Waals surface area contributed by atoms with E-state index in [0.29, 0.717) is 6.04 Å². The molecular formula is C13H19N3OS. The van der Waals surface area contributed by atoms with Crippen molar-refractivity contribution >= 4 is 22.4 Å². The summed E-state index contributed by atoms with van der Waals surface area (Å²) in [5.74, 6) is 0.0303. The van der Waals surface area contributed by atoms with Crippen LogP contribution in [0.2, 0.25) is 0 Å². The first-order valence-corrected chi connectivity index (χ1v) is 7.13. The van der Waals surface area contributed by atoms with Gasteiger partial charge in [0.1, 0.15) is 0 Å². The maximum Gasteiger partial charge on any atom is 0.244 e. The number of carbonyl (C=O) groups is 1. The molecule has 1 aromatic heterocycles. The van der Waals surface area contributed by atoms with E-state index in [0.717, 1.165) is 36.6 Å². The molecule has 0 aromatic carbocycles. The van der Waals surface area contributed by atoms with Crippen molar-refractivity contribution in [3.63, 3.8) is 0 Å². The van der Waals surface area contributed by atoms with Gasteiger partial charge in [-0.15, -0.1) is 11.3 Å². The minimum absolute atomic E-state index is 0.0303. The molecule has 2 rings (SSSR count). The van der Waals surface area contributed by atoms with Gasteiger partial charge in [0.2, 0.25) is 5.91 Å². The van der Waals surface area contributed by atoms with Crippen molar-refractivity contribution in [2.75, 3.05) is 18.0 Å². The van der Waals surface area contributed by atoms with Gasteiger partial charge in [-0.3, -0.25) is 4.79 Å². The van der Waals surface area contributed by atoms with Crippen molar-refractivity contribution in [2.45, 2.75) is 32.7 Å². The molecule has 1 N–H and O–H groups in total. The van der Waals surface area contributed by atoms with E-state index < -0.39 is 0 Å². The topological polar surface area (TPSA) is 45.2 Å². The highest BCUT2D eigenvalue weighted by molar-refractivity contribution is 7.13.